The quantitative estimate of drug-likeness (QED) is 0.275. The molecule has 0 saturated carbocycles. The molecule has 6 rings (SSSR count). The fourth-order valence-corrected chi connectivity index (χ4v) is 6.12. The normalized spacial score (nSPS) is 15.9. The van der Waals surface area contributed by atoms with Crippen molar-refractivity contribution < 1.29 is 14.3 Å². The van der Waals surface area contributed by atoms with Gasteiger partial charge in [0, 0.05) is 42.1 Å². The third-order valence-corrected chi connectivity index (χ3v) is 8.25. The van der Waals surface area contributed by atoms with Gasteiger partial charge in [0.1, 0.15) is 11.4 Å². The summed E-state index contributed by atoms with van der Waals surface area (Å²) in [4.78, 5) is 9.66. The van der Waals surface area contributed by atoms with E-state index in [0.29, 0.717) is 11.6 Å². The first-order valence-electron chi connectivity index (χ1n) is 13.2. The maximum atomic E-state index is 10.9. The Morgan fingerprint density at radius 2 is 1.76 bits per heavy atom. The zero-order chi connectivity index (χ0) is 26.6. The Labute approximate surface area is 225 Å². The molecule has 1 N–H and O–H groups in total. The van der Waals surface area contributed by atoms with Gasteiger partial charge in [0.15, 0.2) is 0 Å². The summed E-state index contributed by atoms with van der Waals surface area (Å²) in [5.74, 6) is 1.27. The molecule has 0 spiro atoms. The summed E-state index contributed by atoms with van der Waals surface area (Å²) >= 11 is 0. The summed E-state index contributed by atoms with van der Waals surface area (Å²) < 4.78 is 14.0. The number of furan rings is 1. The number of ether oxygens (including phenoxy) is 1. The third kappa shape index (κ3) is 4.35. The topological polar surface area (TPSA) is 73.3 Å². The van der Waals surface area contributed by atoms with Gasteiger partial charge in [-0.05, 0) is 75.0 Å². The van der Waals surface area contributed by atoms with Gasteiger partial charge in [0.25, 0.3) is 0 Å². The van der Waals surface area contributed by atoms with Crippen LogP contribution in [0, 0.1) is 19.8 Å². The molecule has 7 heteroatoms. The largest absolute Gasteiger partial charge is 0.469 e. The lowest BCUT2D eigenvalue weighted by atomic mass is 9.86. The molecule has 5 aromatic rings. The van der Waals surface area contributed by atoms with Gasteiger partial charge >= 0.3 is 0 Å². The molecule has 38 heavy (non-hydrogen) atoms. The van der Waals surface area contributed by atoms with Gasteiger partial charge in [-0.2, -0.15) is 0 Å². The van der Waals surface area contributed by atoms with Gasteiger partial charge in [0.05, 0.1) is 34.5 Å². The Bertz CT molecular complexity index is 1600. The van der Waals surface area contributed by atoms with E-state index >= 15 is 0 Å². The van der Waals surface area contributed by atoms with E-state index in [-0.39, 0.29) is 6.04 Å². The van der Waals surface area contributed by atoms with Crippen molar-refractivity contribution in [1.82, 2.24) is 14.5 Å². The minimum atomic E-state index is -1.06. The molecule has 1 aromatic carbocycles. The summed E-state index contributed by atoms with van der Waals surface area (Å²) in [6.07, 6.45) is 7.57. The van der Waals surface area contributed by atoms with Crippen LogP contribution in [0.4, 0.5) is 0 Å². The SMILES string of the molecule is Cc1coc(C)c1-c1cnc2c3cnc(C(C)(C)O)cc3n(C(c3ccc(P)cc3)C3CCOCC3)c2c1. The number of aromatic nitrogens is 3. The second-order valence-corrected chi connectivity index (χ2v) is 11.7. The molecule has 1 aliphatic rings. The summed E-state index contributed by atoms with van der Waals surface area (Å²) in [5, 5.41) is 13.0. The van der Waals surface area contributed by atoms with Gasteiger partial charge in [-0.3, -0.25) is 9.97 Å². The number of benzene rings is 1. The highest BCUT2D eigenvalue weighted by Crippen LogP contribution is 2.42. The highest BCUT2D eigenvalue weighted by atomic mass is 31.0. The Kier molecular flexibility index (Phi) is 6.38. The fourth-order valence-electron chi connectivity index (χ4n) is 5.93. The van der Waals surface area contributed by atoms with Crippen LogP contribution in [0.25, 0.3) is 33.1 Å². The Morgan fingerprint density at radius 3 is 2.42 bits per heavy atom. The molecule has 5 heterocycles. The van der Waals surface area contributed by atoms with Crippen LogP contribution in [-0.2, 0) is 10.3 Å². The number of hydrogen-bond acceptors (Lipinski definition) is 5. The van der Waals surface area contributed by atoms with Crippen molar-refractivity contribution in [3.05, 3.63) is 77.6 Å². The molecule has 1 saturated heterocycles. The predicted molar refractivity (Wildman–Crippen MR) is 155 cm³/mol. The molecule has 0 amide bonds. The van der Waals surface area contributed by atoms with Gasteiger partial charge in [-0.25, -0.2) is 0 Å². The zero-order valence-corrected chi connectivity index (χ0v) is 23.5. The molecule has 0 aliphatic carbocycles. The lowest BCUT2D eigenvalue weighted by Crippen LogP contribution is -2.27. The van der Waals surface area contributed by atoms with Crippen molar-refractivity contribution in [1.29, 1.82) is 0 Å². The first-order valence-corrected chi connectivity index (χ1v) is 13.8. The van der Waals surface area contributed by atoms with Gasteiger partial charge in [-0.1, -0.05) is 24.3 Å². The number of hydrogen-bond donors (Lipinski definition) is 1. The minimum Gasteiger partial charge on any atom is -0.469 e. The van der Waals surface area contributed by atoms with Crippen LogP contribution in [0.1, 0.15) is 55.3 Å². The molecule has 2 unspecified atom stereocenters. The van der Waals surface area contributed by atoms with Crippen LogP contribution in [-0.4, -0.2) is 32.9 Å². The smallest absolute Gasteiger partial charge is 0.108 e. The average molecular weight is 528 g/mol. The van der Waals surface area contributed by atoms with Crippen LogP contribution in [0.3, 0.4) is 0 Å². The lowest BCUT2D eigenvalue weighted by molar-refractivity contribution is 0.0552. The van der Waals surface area contributed by atoms with E-state index in [1.54, 1.807) is 20.1 Å². The van der Waals surface area contributed by atoms with E-state index < -0.39 is 5.60 Å². The van der Waals surface area contributed by atoms with Gasteiger partial charge in [-0.15, -0.1) is 9.24 Å². The molecule has 2 atom stereocenters. The van der Waals surface area contributed by atoms with E-state index in [1.807, 2.05) is 25.4 Å². The van der Waals surface area contributed by atoms with Crippen molar-refractivity contribution in [2.75, 3.05) is 13.2 Å². The second kappa shape index (κ2) is 9.60. The predicted octanol–water partition coefficient (Wildman–Crippen LogP) is 6.21. The van der Waals surface area contributed by atoms with Crippen molar-refractivity contribution >= 4 is 36.5 Å². The van der Waals surface area contributed by atoms with Crippen LogP contribution in [0.2, 0.25) is 0 Å². The van der Waals surface area contributed by atoms with E-state index in [2.05, 4.69) is 56.0 Å². The van der Waals surface area contributed by atoms with E-state index in [1.165, 1.54) is 5.56 Å². The van der Waals surface area contributed by atoms with Crippen LogP contribution >= 0.6 is 9.24 Å². The van der Waals surface area contributed by atoms with Gasteiger partial charge < -0.3 is 18.8 Å². The molecule has 1 aliphatic heterocycles. The fraction of sp³-hybridized carbons (Fsp3) is 0.355. The molecule has 6 nitrogen and oxygen atoms in total. The summed E-state index contributed by atoms with van der Waals surface area (Å²) in [6, 6.07) is 13.1. The third-order valence-electron chi connectivity index (χ3n) is 7.87. The maximum Gasteiger partial charge on any atom is 0.108 e. The number of aliphatic hydroxyl groups is 1. The van der Waals surface area contributed by atoms with E-state index in [0.717, 1.165) is 75.7 Å². The Balaban J connectivity index is 1.69. The zero-order valence-electron chi connectivity index (χ0n) is 22.4. The van der Waals surface area contributed by atoms with Crippen LogP contribution in [0.15, 0.2) is 59.5 Å². The highest BCUT2D eigenvalue weighted by molar-refractivity contribution is 7.27. The second-order valence-electron chi connectivity index (χ2n) is 11.0. The molecule has 1 fully saturated rings. The highest BCUT2D eigenvalue weighted by Gasteiger charge is 2.31. The molecule has 0 bridgehead atoms. The number of pyridine rings is 2. The van der Waals surface area contributed by atoms with Crippen molar-refractivity contribution in [2.45, 2.75) is 52.2 Å². The summed E-state index contributed by atoms with van der Waals surface area (Å²) in [6.45, 7) is 9.14. The number of fused-ring (bicyclic) bond motifs is 3. The van der Waals surface area contributed by atoms with Crippen LogP contribution in [0.5, 0.6) is 0 Å². The number of rotatable bonds is 5. The maximum absolute atomic E-state index is 10.9. The molecular weight excluding hydrogens is 493 g/mol. The molecule has 4 aromatic heterocycles. The molecular formula is C31H34N3O3P. The summed E-state index contributed by atoms with van der Waals surface area (Å²) in [5.41, 5.74) is 7.04. The van der Waals surface area contributed by atoms with Crippen molar-refractivity contribution in [2.24, 2.45) is 5.92 Å². The molecule has 196 valence electrons. The first kappa shape index (κ1) is 25.2. The first-order chi connectivity index (χ1) is 18.2. The van der Waals surface area contributed by atoms with E-state index in [9.17, 15) is 5.11 Å². The van der Waals surface area contributed by atoms with Crippen molar-refractivity contribution in [3.63, 3.8) is 0 Å². The van der Waals surface area contributed by atoms with Crippen LogP contribution < -0.4 is 5.30 Å². The lowest BCUT2D eigenvalue weighted by Gasteiger charge is -2.33. The number of aryl methyl sites for hydroxylation is 2. The Hall–Kier alpha value is -3.05. The molecule has 0 radical (unpaired) electrons. The average Bonchev–Trinajstić information content (AvgIpc) is 3.41. The summed E-state index contributed by atoms with van der Waals surface area (Å²) in [7, 11) is 2.79. The monoisotopic (exact) mass is 527 g/mol. The standard InChI is InChI=1S/C31H34N3O3P/c1-18-17-37-19(2)28(18)22-13-26-29(33-15-22)24-16-32-27(31(3,4)35)14-25(24)34(26)30(21-9-11-36-12-10-21)20-5-7-23(38)8-6-20/h5-8,13-17,21,30,35H,9-12,38H2,1-4H3. The number of nitrogens with zero attached hydrogens (tertiary/aromatic N) is 3. The van der Waals surface area contributed by atoms with Gasteiger partial charge in [0.2, 0.25) is 0 Å². The van der Waals surface area contributed by atoms with Crippen molar-refractivity contribution in [3.8, 4) is 11.1 Å². The minimum absolute atomic E-state index is 0.0742. The Morgan fingerprint density at radius 1 is 1.03 bits per heavy atom. The van der Waals surface area contributed by atoms with E-state index in [4.69, 9.17) is 14.1 Å².